The topological polar surface area (TPSA) is 59.1 Å². The Morgan fingerprint density at radius 2 is 1.62 bits per heavy atom. The average molecular weight is 404 g/mol. The second-order valence-electron chi connectivity index (χ2n) is 8.36. The third-order valence-electron chi connectivity index (χ3n) is 6.41. The number of rotatable bonds is 5. The van der Waals surface area contributed by atoms with Crippen molar-refractivity contribution in [1.29, 1.82) is 0 Å². The maximum Gasteiger partial charge on any atom is 0.260 e. The zero-order valence-electron chi connectivity index (χ0n) is 16.9. The quantitative estimate of drug-likeness (QED) is 0.757. The first kappa shape index (κ1) is 20.1. The summed E-state index contributed by atoms with van der Waals surface area (Å²) in [6, 6.07) is 6.34. The van der Waals surface area contributed by atoms with Gasteiger partial charge in [-0.3, -0.25) is 9.59 Å². The van der Waals surface area contributed by atoms with Gasteiger partial charge in [0.2, 0.25) is 5.91 Å². The van der Waals surface area contributed by atoms with Crippen molar-refractivity contribution >= 4 is 11.8 Å². The van der Waals surface area contributed by atoms with Crippen LogP contribution in [-0.2, 0) is 14.3 Å². The molecule has 1 aromatic rings. The number of fused-ring (bicyclic) bond motifs is 2. The Bertz CT molecular complexity index is 719. The molecule has 2 amide bonds. The fraction of sp³-hybridized carbons (Fsp3) is 0.636. The van der Waals surface area contributed by atoms with Crippen LogP contribution in [-0.4, -0.2) is 65.6 Å². The van der Waals surface area contributed by atoms with E-state index < -0.39 is 0 Å². The maximum atomic E-state index is 12.9. The number of carbonyl (C=O) groups is 2. The van der Waals surface area contributed by atoms with E-state index >= 15 is 0 Å². The molecule has 1 unspecified atom stereocenters. The molecule has 3 aliphatic heterocycles. The van der Waals surface area contributed by atoms with Crippen molar-refractivity contribution in [1.82, 2.24) is 9.80 Å². The Hall–Kier alpha value is -2.15. The average Bonchev–Trinajstić information content (AvgIpc) is 2.99. The molecule has 1 aromatic carbocycles. The van der Waals surface area contributed by atoms with Crippen LogP contribution < -0.4 is 4.74 Å². The van der Waals surface area contributed by atoms with Crippen LogP contribution in [0.25, 0.3) is 0 Å². The van der Waals surface area contributed by atoms with Crippen molar-refractivity contribution in [2.75, 3.05) is 19.7 Å². The number of amides is 2. The molecule has 3 aliphatic rings. The Morgan fingerprint density at radius 1 is 1.00 bits per heavy atom. The van der Waals surface area contributed by atoms with Crippen molar-refractivity contribution in [2.24, 2.45) is 0 Å². The van der Waals surface area contributed by atoms with E-state index in [1.54, 1.807) is 6.92 Å². The van der Waals surface area contributed by atoms with Crippen LogP contribution in [0, 0.1) is 5.82 Å². The van der Waals surface area contributed by atoms with E-state index in [0.29, 0.717) is 30.9 Å². The van der Waals surface area contributed by atoms with Gasteiger partial charge in [-0.1, -0.05) is 0 Å². The standard InChI is InChI=1S/C22H29FN2O4/c1-15(26)25-17-4-5-18(25)13-21(12-17)29-20-8-10-24(11-9-20)22(27)14-28-19-6-2-16(23)3-7-19/h2-3,6-7,17-18,20-21H,4-5,8-14H2,1H3/t17-,18+,21?. The van der Waals surface area contributed by atoms with E-state index in [9.17, 15) is 14.0 Å². The Labute approximate surface area is 170 Å². The minimum absolute atomic E-state index is 0.0377. The highest BCUT2D eigenvalue weighted by molar-refractivity contribution is 5.77. The zero-order valence-corrected chi connectivity index (χ0v) is 16.9. The molecular formula is C22H29FN2O4. The van der Waals surface area contributed by atoms with Gasteiger partial charge >= 0.3 is 0 Å². The summed E-state index contributed by atoms with van der Waals surface area (Å²) in [4.78, 5) is 28.1. The highest BCUT2D eigenvalue weighted by atomic mass is 19.1. The van der Waals surface area contributed by atoms with Crippen molar-refractivity contribution in [3.8, 4) is 5.75 Å². The Morgan fingerprint density at radius 3 is 2.21 bits per heavy atom. The van der Waals surface area contributed by atoms with Crippen LogP contribution in [0.15, 0.2) is 24.3 Å². The molecule has 7 heteroatoms. The summed E-state index contributed by atoms with van der Waals surface area (Å²) in [6.45, 7) is 2.95. The molecule has 0 spiro atoms. The molecule has 0 aromatic heterocycles. The van der Waals surface area contributed by atoms with Crippen LogP contribution in [0.2, 0.25) is 0 Å². The zero-order chi connectivity index (χ0) is 20.4. The molecule has 0 saturated carbocycles. The summed E-state index contributed by atoms with van der Waals surface area (Å²) in [5.74, 6) is 0.293. The van der Waals surface area contributed by atoms with Crippen LogP contribution in [0.4, 0.5) is 4.39 Å². The van der Waals surface area contributed by atoms with E-state index in [0.717, 1.165) is 38.5 Å². The lowest BCUT2D eigenvalue weighted by Crippen LogP contribution is -2.49. The van der Waals surface area contributed by atoms with Gasteiger partial charge in [-0.25, -0.2) is 4.39 Å². The Balaban J connectivity index is 1.19. The van der Waals surface area contributed by atoms with Crippen molar-refractivity contribution in [3.63, 3.8) is 0 Å². The van der Waals surface area contributed by atoms with E-state index in [-0.39, 0.29) is 36.4 Å². The number of likely N-dealkylation sites (tertiary alicyclic amines) is 1. The van der Waals surface area contributed by atoms with Crippen molar-refractivity contribution in [2.45, 2.75) is 69.7 Å². The molecular weight excluding hydrogens is 375 g/mol. The van der Waals surface area contributed by atoms with E-state index in [2.05, 4.69) is 4.90 Å². The minimum atomic E-state index is -0.328. The van der Waals surface area contributed by atoms with Gasteiger partial charge in [0.1, 0.15) is 11.6 Å². The molecule has 29 heavy (non-hydrogen) atoms. The first-order valence-corrected chi connectivity index (χ1v) is 10.6. The lowest BCUT2D eigenvalue weighted by atomic mass is 9.98. The summed E-state index contributed by atoms with van der Waals surface area (Å²) in [6.07, 6.45) is 6.08. The fourth-order valence-electron chi connectivity index (χ4n) is 5.03. The molecule has 0 N–H and O–H groups in total. The summed E-state index contributed by atoms with van der Waals surface area (Å²) >= 11 is 0. The van der Waals surface area contributed by atoms with Crippen molar-refractivity contribution in [3.05, 3.63) is 30.1 Å². The van der Waals surface area contributed by atoms with E-state index in [1.807, 2.05) is 4.90 Å². The van der Waals surface area contributed by atoms with Crippen LogP contribution in [0.5, 0.6) is 5.75 Å². The number of nitrogens with zero attached hydrogens (tertiary/aromatic N) is 2. The molecule has 0 radical (unpaired) electrons. The highest BCUT2D eigenvalue weighted by Gasteiger charge is 2.43. The van der Waals surface area contributed by atoms with Crippen molar-refractivity contribution < 1.29 is 23.5 Å². The Kier molecular flexibility index (Phi) is 6.04. The maximum absolute atomic E-state index is 12.9. The second kappa shape index (κ2) is 8.69. The van der Waals surface area contributed by atoms with Gasteiger partial charge in [0.05, 0.1) is 12.2 Å². The van der Waals surface area contributed by atoms with Gasteiger partial charge in [0, 0.05) is 32.1 Å². The summed E-state index contributed by atoms with van der Waals surface area (Å²) in [5, 5.41) is 0. The largest absolute Gasteiger partial charge is 0.484 e. The van der Waals surface area contributed by atoms with Gasteiger partial charge < -0.3 is 19.3 Å². The SMILES string of the molecule is CC(=O)N1[C@@H]2CC[C@H]1CC(OC1CCN(C(=O)COc3ccc(F)cc3)CC1)C2. The van der Waals surface area contributed by atoms with Gasteiger partial charge in [0.25, 0.3) is 5.91 Å². The van der Waals surface area contributed by atoms with Gasteiger partial charge in [-0.05, 0) is 62.8 Å². The number of carbonyl (C=O) groups excluding carboxylic acids is 2. The monoisotopic (exact) mass is 404 g/mol. The van der Waals surface area contributed by atoms with Gasteiger partial charge in [0.15, 0.2) is 6.61 Å². The van der Waals surface area contributed by atoms with Crippen LogP contribution >= 0.6 is 0 Å². The number of hydrogen-bond donors (Lipinski definition) is 0. The molecule has 4 rings (SSSR count). The molecule has 0 aliphatic carbocycles. The third kappa shape index (κ3) is 4.71. The lowest BCUT2D eigenvalue weighted by molar-refractivity contribution is -0.140. The highest BCUT2D eigenvalue weighted by Crippen LogP contribution is 2.37. The lowest BCUT2D eigenvalue weighted by Gasteiger charge is -2.41. The fourth-order valence-corrected chi connectivity index (χ4v) is 5.03. The summed E-state index contributed by atoms with van der Waals surface area (Å²) in [7, 11) is 0. The predicted molar refractivity (Wildman–Crippen MR) is 105 cm³/mol. The van der Waals surface area contributed by atoms with Gasteiger partial charge in [-0.2, -0.15) is 0 Å². The minimum Gasteiger partial charge on any atom is -0.484 e. The molecule has 3 heterocycles. The molecule has 3 atom stereocenters. The molecule has 158 valence electrons. The van der Waals surface area contributed by atoms with Crippen LogP contribution in [0.3, 0.4) is 0 Å². The molecule has 3 fully saturated rings. The number of ether oxygens (including phenoxy) is 2. The van der Waals surface area contributed by atoms with Gasteiger partial charge in [-0.15, -0.1) is 0 Å². The third-order valence-corrected chi connectivity index (χ3v) is 6.41. The molecule has 2 bridgehead atoms. The molecule has 6 nitrogen and oxygen atoms in total. The molecule has 3 saturated heterocycles. The first-order chi connectivity index (χ1) is 14.0. The second-order valence-corrected chi connectivity index (χ2v) is 8.36. The number of benzene rings is 1. The normalized spacial score (nSPS) is 27.2. The smallest absolute Gasteiger partial charge is 0.260 e. The van der Waals surface area contributed by atoms with E-state index in [4.69, 9.17) is 9.47 Å². The number of halogens is 1. The summed E-state index contributed by atoms with van der Waals surface area (Å²) in [5.41, 5.74) is 0. The number of piperidine rings is 2. The summed E-state index contributed by atoms with van der Waals surface area (Å²) < 4.78 is 24.8. The van der Waals surface area contributed by atoms with E-state index in [1.165, 1.54) is 24.3 Å². The van der Waals surface area contributed by atoms with Crippen LogP contribution in [0.1, 0.15) is 45.4 Å². The number of hydrogen-bond acceptors (Lipinski definition) is 4. The first-order valence-electron chi connectivity index (χ1n) is 10.6. The predicted octanol–water partition coefficient (Wildman–Crippen LogP) is 2.75.